The van der Waals surface area contributed by atoms with Crippen molar-refractivity contribution in [2.75, 3.05) is 24.1 Å². The Morgan fingerprint density at radius 3 is 2.86 bits per heavy atom. The van der Waals surface area contributed by atoms with E-state index in [1.165, 1.54) is 18.2 Å². The van der Waals surface area contributed by atoms with Gasteiger partial charge in [0.25, 0.3) is 5.91 Å². The predicted octanol–water partition coefficient (Wildman–Crippen LogP) is 1.62. The van der Waals surface area contributed by atoms with Gasteiger partial charge in [0, 0.05) is 18.8 Å². The van der Waals surface area contributed by atoms with Crippen LogP contribution in [0.4, 0.5) is 5.69 Å². The van der Waals surface area contributed by atoms with Crippen molar-refractivity contribution in [1.29, 1.82) is 0 Å². The zero-order valence-electron chi connectivity index (χ0n) is 11.6. The molecule has 1 unspecified atom stereocenters. The van der Waals surface area contributed by atoms with Crippen LogP contribution in [0.5, 0.6) is 0 Å². The van der Waals surface area contributed by atoms with Gasteiger partial charge in [-0.3, -0.25) is 9.52 Å². The lowest BCUT2D eigenvalue weighted by molar-refractivity contribution is 0.0858. The van der Waals surface area contributed by atoms with Crippen LogP contribution in [-0.4, -0.2) is 39.8 Å². The molecule has 0 aliphatic carbocycles. The first kappa shape index (κ1) is 16.1. The van der Waals surface area contributed by atoms with Crippen LogP contribution < -0.4 is 10.0 Å². The first-order valence-electron chi connectivity index (χ1n) is 6.52. The predicted molar refractivity (Wildman–Crippen MR) is 81.2 cm³/mol. The van der Waals surface area contributed by atoms with Crippen LogP contribution in [0.1, 0.15) is 23.2 Å². The molecule has 1 aliphatic heterocycles. The Labute approximate surface area is 128 Å². The van der Waals surface area contributed by atoms with E-state index in [0.717, 1.165) is 25.7 Å². The molecule has 8 heteroatoms. The third-order valence-electron chi connectivity index (χ3n) is 3.03. The molecule has 0 aromatic heterocycles. The Morgan fingerprint density at radius 2 is 2.24 bits per heavy atom. The second-order valence-electron chi connectivity index (χ2n) is 4.91. The quantitative estimate of drug-likeness (QED) is 0.858. The first-order valence-corrected chi connectivity index (χ1v) is 8.79. The van der Waals surface area contributed by atoms with Crippen LogP contribution in [0.15, 0.2) is 18.2 Å². The molecule has 21 heavy (non-hydrogen) atoms. The van der Waals surface area contributed by atoms with E-state index in [1.807, 2.05) is 0 Å². The zero-order valence-corrected chi connectivity index (χ0v) is 13.1. The average molecular weight is 333 g/mol. The van der Waals surface area contributed by atoms with Gasteiger partial charge < -0.3 is 10.1 Å². The van der Waals surface area contributed by atoms with E-state index in [1.54, 1.807) is 0 Å². The number of hydrogen-bond donors (Lipinski definition) is 2. The fraction of sp³-hybridized carbons (Fsp3) is 0.462. The van der Waals surface area contributed by atoms with Crippen molar-refractivity contribution < 1.29 is 17.9 Å². The van der Waals surface area contributed by atoms with Crippen molar-refractivity contribution in [3.63, 3.8) is 0 Å². The number of benzene rings is 1. The number of anilines is 1. The summed E-state index contributed by atoms with van der Waals surface area (Å²) in [5, 5.41) is 3.01. The van der Waals surface area contributed by atoms with Crippen LogP contribution in [0.2, 0.25) is 5.02 Å². The van der Waals surface area contributed by atoms with Gasteiger partial charge >= 0.3 is 0 Å². The number of halogens is 1. The topological polar surface area (TPSA) is 84.5 Å². The fourth-order valence-corrected chi connectivity index (χ4v) is 2.84. The first-order chi connectivity index (χ1) is 9.85. The van der Waals surface area contributed by atoms with Gasteiger partial charge in [-0.15, -0.1) is 0 Å². The molecule has 6 nitrogen and oxygen atoms in total. The van der Waals surface area contributed by atoms with E-state index in [9.17, 15) is 13.2 Å². The maximum absolute atomic E-state index is 12.1. The standard InChI is InChI=1S/C13H17ClN2O4S/c1-21(18,19)16-9-4-5-12(14)11(7-9)13(17)15-8-10-3-2-6-20-10/h4-5,7,10,16H,2-3,6,8H2,1H3,(H,15,17). The van der Waals surface area contributed by atoms with E-state index in [2.05, 4.69) is 10.0 Å². The Kier molecular flexibility index (Phi) is 5.08. The van der Waals surface area contributed by atoms with E-state index in [4.69, 9.17) is 16.3 Å². The van der Waals surface area contributed by atoms with E-state index in [-0.39, 0.29) is 22.6 Å². The molecular weight excluding hydrogens is 316 g/mol. The Morgan fingerprint density at radius 1 is 1.48 bits per heavy atom. The number of rotatable bonds is 5. The summed E-state index contributed by atoms with van der Waals surface area (Å²) in [5.41, 5.74) is 0.521. The summed E-state index contributed by atoms with van der Waals surface area (Å²) in [6.07, 6.45) is 2.99. The molecule has 0 spiro atoms. The average Bonchev–Trinajstić information content (AvgIpc) is 2.90. The SMILES string of the molecule is CS(=O)(=O)Nc1ccc(Cl)c(C(=O)NCC2CCCO2)c1. The van der Waals surface area contributed by atoms with Gasteiger partial charge in [-0.1, -0.05) is 11.6 Å². The van der Waals surface area contributed by atoms with E-state index >= 15 is 0 Å². The van der Waals surface area contributed by atoms with Crippen LogP contribution in [0.3, 0.4) is 0 Å². The number of ether oxygens (including phenoxy) is 1. The molecule has 1 aromatic carbocycles. The second-order valence-corrected chi connectivity index (χ2v) is 7.07. The minimum absolute atomic E-state index is 0.0325. The highest BCUT2D eigenvalue weighted by Gasteiger charge is 2.18. The zero-order chi connectivity index (χ0) is 15.5. The molecule has 1 amide bonds. The van der Waals surface area contributed by atoms with Gasteiger partial charge in [0.1, 0.15) is 0 Å². The lowest BCUT2D eigenvalue weighted by atomic mass is 10.2. The fourth-order valence-electron chi connectivity index (χ4n) is 2.08. The molecular formula is C13H17ClN2O4S. The molecule has 2 rings (SSSR count). The van der Waals surface area contributed by atoms with Gasteiger partial charge in [0.05, 0.1) is 22.9 Å². The molecule has 1 aromatic rings. The van der Waals surface area contributed by atoms with Crippen molar-refractivity contribution in [3.8, 4) is 0 Å². The third kappa shape index (κ3) is 4.87. The summed E-state index contributed by atoms with van der Waals surface area (Å²) in [4.78, 5) is 12.1. The van der Waals surface area contributed by atoms with Crippen molar-refractivity contribution >= 4 is 33.2 Å². The summed E-state index contributed by atoms with van der Waals surface area (Å²) < 4.78 is 30.1. The Hall–Kier alpha value is -1.31. The van der Waals surface area contributed by atoms with Gasteiger partial charge in [0.15, 0.2) is 0 Å². The summed E-state index contributed by atoms with van der Waals surface area (Å²) in [6, 6.07) is 4.39. The molecule has 1 atom stereocenters. The molecule has 0 bridgehead atoms. The van der Waals surface area contributed by atoms with Crippen molar-refractivity contribution in [2.24, 2.45) is 0 Å². The highest BCUT2D eigenvalue weighted by Crippen LogP contribution is 2.21. The van der Waals surface area contributed by atoms with Gasteiger partial charge in [-0.05, 0) is 31.0 Å². The molecule has 0 radical (unpaired) electrons. The number of nitrogens with one attached hydrogen (secondary N) is 2. The molecule has 0 saturated carbocycles. The van der Waals surface area contributed by atoms with Crippen LogP contribution in [0, 0.1) is 0 Å². The normalized spacial score (nSPS) is 18.5. The minimum Gasteiger partial charge on any atom is -0.376 e. The van der Waals surface area contributed by atoms with Gasteiger partial charge in [-0.25, -0.2) is 8.42 Å². The smallest absolute Gasteiger partial charge is 0.252 e. The van der Waals surface area contributed by atoms with Crippen LogP contribution in [-0.2, 0) is 14.8 Å². The second kappa shape index (κ2) is 6.64. The van der Waals surface area contributed by atoms with Gasteiger partial charge in [0.2, 0.25) is 10.0 Å². The number of carbonyl (C=O) groups is 1. The number of carbonyl (C=O) groups excluding carboxylic acids is 1. The highest BCUT2D eigenvalue weighted by atomic mass is 35.5. The maximum atomic E-state index is 12.1. The molecule has 1 heterocycles. The highest BCUT2D eigenvalue weighted by molar-refractivity contribution is 7.92. The minimum atomic E-state index is -3.40. The summed E-state index contributed by atoms with van der Waals surface area (Å²) in [5.74, 6) is -0.354. The Bertz CT molecular complexity index is 627. The summed E-state index contributed by atoms with van der Waals surface area (Å²) in [7, 11) is -3.40. The third-order valence-corrected chi connectivity index (χ3v) is 3.96. The number of amides is 1. The molecule has 2 N–H and O–H groups in total. The molecule has 1 aliphatic rings. The molecule has 116 valence electrons. The summed E-state index contributed by atoms with van der Waals surface area (Å²) >= 11 is 5.99. The van der Waals surface area contributed by atoms with E-state index in [0.29, 0.717) is 12.2 Å². The van der Waals surface area contributed by atoms with Crippen molar-refractivity contribution in [3.05, 3.63) is 28.8 Å². The number of hydrogen-bond acceptors (Lipinski definition) is 4. The number of sulfonamides is 1. The van der Waals surface area contributed by atoms with Crippen LogP contribution >= 0.6 is 11.6 Å². The largest absolute Gasteiger partial charge is 0.376 e. The van der Waals surface area contributed by atoms with E-state index < -0.39 is 10.0 Å². The Balaban J connectivity index is 2.06. The molecule has 1 saturated heterocycles. The monoisotopic (exact) mass is 332 g/mol. The molecule has 1 fully saturated rings. The van der Waals surface area contributed by atoms with Crippen LogP contribution in [0.25, 0.3) is 0 Å². The lowest BCUT2D eigenvalue weighted by Crippen LogP contribution is -2.32. The van der Waals surface area contributed by atoms with Gasteiger partial charge in [-0.2, -0.15) is 0 Å². The van der Waals surface area contributed by atoms with Crippen molar-refractivity contribution in [2.45, 2.75) is 18.9 Å². The van der Waals surface area contributed by atoms with Crippen molar-refractivity contribution in [1.82, 2.24) is 5.32 Å². The summed E-state index contributed by atoms with van der Waals surface area (Å²) in [6.45, 7) is 1.13. The maximum Gasteiger partial charge on any atom is 0.252 e. The lowest BCUT2D eigenvalue weighted by Gasteiger charge is -2.12.